The van der Waals surface area contributed by atoms with Gasteiger partial charge in [0, 0.05) is 17.0 Å². The summed E-state index contributed by atoms with van der Waals surface area (Å²) in [6.07, 6.45) is 0. The summed E-state index contributed by atoms with van der Waals surface area (Å²) in [6.45, 7) is 2.25. The SMILES string of the molecule is CCOc1c(Cl)cc(C(=O)N2CSCC2C(=O)Nc2ccc(OC)cc2)cc1OC. The van der Waals surface area contributed by atoms with Gasteiger partial charge in [-0.05, 0) is 43.3 Å². The number of rotatable bonds is 7. The number of benzene rings is 2. The number of hydrogen-bond donors (Lipinski definition) is 1. The molecule has 30 heavy (non-hydrogen) atoms. The molecule has 1 fully saturated rings. The zero-order valence-corrected chi connectivity index (χ0v) is 18.5. The van der Waals surface area contributed by atoms with Gasteiger partial charge in [0.2, 0.25) is 5.91 Å². The van der Waals surface area contributed by atoms with E-state index in [-0.39, 0.29) is 16.8 Å². The average Bonchev–Trinajstić information content (AvgIpc) is 3.25. The normalized spacial score (nSPS) is 15.6. The molecule has 1 heterocycles. The third kappa shape index (κ3) is 4.76. The van der Waals surface area contributed by atoms with E-state index >= 15 is 0 Å². The lowest BCUT2D eigenvalue weighted by molar-refractivity contribution is -0.119. The quantitative estimate of drug-likeness (QED) is 0.689. The largest absolute Gasteiger partial charge is 0.497 e. The minimum atomic E-state index is -0.596. The molecule has 7 nitrogen and oxygen atoms in total. The summed E-state index contributed by atoms with van der Waals surface area (Å²) in [7, 11) is 3.06. The molecule has 0 bridgehead atoms. The Morgan fingerprint density at radius 2 is 1.93 bits per heavy atom. The number of methoxy groups -OCH3 is 2. The zero-order chi connectivity index (χ0) is 21.7. The first-order chi connectivity index (χ1) is 14.5. The van der Waals surface area contributed by atoms with Crippen molar-refractivity contribution in [3.05, 3.63) is 47.0 Å². The molecule has 1 saturated heterocycles. The van der Waals surface area contributed by atoms with E-state index in [0.717, 1.165) is 0 Å². The van der Waals surface area contributed by atoms with Crippen LogP contribution in [-0.2, 0) is 4.79 Å². The summed E-state index contributed by atoms with van der Waals surface area (Å²) in [6, 6.07) is 9.55. The Morgan fingerprint density at radius 3 is 2.57 bits per heavy atom. The van der Waals surface area contributed by atoms with Crippen molar-refractivity contribution in [2.45, 2.75) is 13.0 Å². The van der Waals surface area contributed by atoms with E-state index in [0.29, 0.717) is 46.7 Å². The monoisotopic (exact) mass is 450 g/mol. The first-order valence-corrected chi connectivity index (χ1v) is 10.9. The van der Waals surface area contributed by atoms with Crippen molar-refractivity contribution < 1.29 is 23.8 Å². The van der Waals surface area contributed by atoms with Gasteiger partial charge in [-0.2, -0.15) is 0 Å². The van der Waals surface area contributed by atoms with Gasteiger partial charge in [0.25, 0.3) is 5.91 Å². The lowest BCUT2D eigenvalue weighted by Gasteiger charge is -2.24. The number of anilines is 1. The van der Waals surface area contributed by atoms with Crippen LogP contribution < -0.4 is 19.5 Å². The van der Waals surface area contributed by atoms with Crippen LogP contribution in [0.15, 0.2) is 36.4 Å². The van der Waals surface area contributed by atoms with Crippen LogP contribution in [0.3, 0.4) is 0 Å². The van der Waals surface area contributed by atoms with Crippen molar-refractivity contribution in [2.24, 2.45) is 0 Å². The highest BCUT2D eigenvalue weighted by Gasteiger charge is 2.35. The van der Waals surface area contributed by atoms with Crippen LogP contribution in [0.4, 0.5) is 5.69 Å². The molecule has 1 N–H and O–H groups in total. The first kappa shape index (κ1) is 22.1. The number of halogens is 1. The topological polar surface area (TPSA) is 77.1 Å². The van der Waals surface area contributed by atoms with E-state index < -0.39 is 6.04 Å². The molecule has 0 aliphatic carbocycles. The second kappa shape index (κ2) is 9.95. The van der Waals surface area contributed by atoms with Crippen molar-refractivity contribution in [1.29, 1.82) is 0 Å². The smallest absolute Gasteiger partial charge is 0.255 e. The molecule has 160 valence electrons. The van der Waals surface area contributed by atoms with Crippen molar-refractivity contribution in [2.75, 3.05) is 37.8 Å². The highest BCUT2D eigenvalue weighted by Crippen LogP contribution is 2.37. The third-order valence-corrected chi connectivity index (χ3v) is 5.86. The maximum Gasteiger partial charge on any atom is 0.255 e. The number of hydrogen-bond acceptors (Lipinski definition) is 6. The summed E-state index contributed by atoms with van der Waals surface area (Å²) in [4.78, 5) is 27.5. The molecule has 1 aliphatic rings. The van der Waals surface area contributed by atoms with Crippen LogP contribution in [0.5, 0.6) is 17.2 Å². The molecular formula is C21H23ClN2O5S. The average molecular weight is 451 g/mol. The standard InChI is InChI=1S/C21H23ClN2O5S/c1-4-29-19-16(22)9-13(10-18(19)28-3)21(26)24-12-30-11-17(24)20(25)23-14-5-7-15(27-2)8-6-14/h5-10,17H,4,11-12H2,1-3H3,(H,23,25). The molecule has 1 unspecified atom stereocenters. The van der Waals surface area contributed by atoms with E-state index in [1.165, 1.54) is 23.8 Å². The van der Waals surface area contributed by atoms with Crippen LogP contribution in [0.25, 0.3) is 0 Å². The number of nitrogens with one attached hydrogen (secondary N) is 1. The minimum Gasteiger partial charge on any atom is -0.497 e. The van der Waals surface area contributed by atoms with Crippen LogP contribution in [0.1, 0.15) is 17.3 Å². The summed E-state index contributed by atoms with van der Waals surface area (Å²) >= 11 is 7.82. The number of amides is 2. The van der Waals surface area contributed by atoms with Gasteiger partial charge in [-0.25, -0.2) is 0 Å². The van der Waals surface area contributed by atoms with Gasteiger partial charge in [0.05, 0.1) is 31.7 Å². The first-order valence-electron chi connectivity index (χ1n) is 9.32. The third-order valence-electron chi connectivity index (χ3n) is 4.57. The number of carbonyl (C=O) groups excluding carboxylic acids is 2. The van der Waals surface area contributed by atoms with Gasteiger partial charge in [-0.15, -0.1) is 11.8 Å². The molecule has 3 rings (SSSR count). The fourth-order valence-corrected chi connectivity index (χ4v) is 4.47. The Labute approximate surface area is 184 Å². The highest BCUT2D eigenvalue weighted by molar-refractivity contribution is 7.99. The molecular weight excluding hydrogens is 428 g/mol. The number of ether oxygens (including phenoxy) is 3. The minimum absolute atomic E-state index is 0.248. The van der Waals surface area contributed by atoms with Crippen LogP contribution >= 0.6 is 23.4 Å². The van der Waals surface area contributed by atoms with Crippen LogP contribution in [0, 0.1) is 0 Å². The Hall–Kier alpha value is -2.58. The second-order valence-electron chi connectivity index (χ2n) is 6.43. The van der Waals surface area contributed by atoms with Gasteiger partial charge in [0.1, 0.15) is 11.8 Å². The van der Waals surface area contributed by atoms with Crippen LogP contribution in [0.2, 0.25) is 5.02 Å². The molecule has 1 atom stereocenters. The Kier molecular flexibility index (Phi) is 7.33. The predicted octanol–water partition coefficient (Wildman–Crippen LogP) is 3.91. The highest BCUT2D eigenvalue weighted by atomic mass is 35.5. The number of thioether (sulfide) groups is 1. The Morgan fingerprint density at radius 1 is 1.20 bits per heavy atom. The molecule has 2 aromatic carbocycles. The van der Waals surface area contributed by atoms with Crippen molar-refractivity contribution in [3.8, 4) is 17.2 Å². The van der Waals surface area contributed by atoms with Gasteiger partial charge in [-0.3, -0.25) is 9.59 Å². The summed E-state index contributed by atoms with van der Waals surface area (Å²) < 4.78 is 16.0. The van der Waals surface area contributed by atoms with E-state index in [4.69, 9.17) is 25.8 Å². The van der Waals surface area contributed by atoms with E-state index in [1.807, 2.05) is 6.92 Å². The van der Waals surface area contributed by atoms with Crippen molar-refractivity contribution in [1.82, 2.24) is 4.90 Å². The molecule has 1 aliphatic heterocycles. The lowest BCUT2D eigenvalue weighted by atomic mass is 10.1. The molecule has 0 spiro atoms. The van der Waals surface area contributed by atoms with E-state index in [1.54, 1.807) is 43.5 Å². The van der Waals surface area contributed by atoms with E-state index in [9.17, 15) is 9.59 Å². The molecule has 2 aromatic rings. The maximum atomic E-state index is 13.1. The van der Waals surface area contributed by atoms with Gasteiger partial charge in [-0.1, -0.05) is 11.6 Å². The Bertz CT molecular complexity index is 922. The van der Waals surface area contributed by atoms with Gasteiger partial charge >= 0.3 is 0 Å². The summed E-state index contributed by atoms with van der Waals surface area (Å²) in [5.74, 6) is 1.84. The summed E-state index contributed by atoms with van der Waals surface area (Å²) in [5, 5.41) is 3.14. The predicted molar refractivity (Wildman–Crippen MR) is 118 cm³/mol. The number of nitrogens with zero attached hydrogens (tertiary/aromatic N) is 1. The van der Waals surface area contributed by atoms with Gasteiger partial charge in [0.15, 0.2) is 11.5 Å². The molecule has 0 saturated carbocycles. The lowest BCUT2D eigenvalue weighted by Crippen LogP contribution is -2.44. The fourth-order valence-electron chi connectivity index (χ4n) is 3.05. The number of carbonyl (C=O) groups is 2. The maximum absolute atomic E-state index is 13.1. The second-order valence-corrected chi connectivity index (χ2v) is 7.84. The van der Waals surface area contributed by atoms with Crippen LogP contribution in [-0.4, -0.2) is 55.2 Å². The fraction of sp³-hybridized carbons (Fsp3) is 0.333. The molecule has 0 aromatic heterocycles. The zero-order valence-electron chi connectivity index (χ0n) is 16.9. The van der Waals surface area contributed by atoms with E-state index in [2.05, 4.69) is 5.32 Å². The van der Waals surface area contributed by atoms with Crippen molar-refractivity contribution in [3.63, 3.8) is 0 Å². The van der Waals surface area contributed by atoms with Gasteiger partial charge < -0.3 is 24.4 Å². The van der Waals surface area contributed by atoms with Crippen molar-refractivity contribution >= 4 is 40.9 Å². The molecule has 2 amide bonds. The molecule has 0 radical (unpaired) electrons. The molecule has 9 heteroatoms. The summed E-state index contributed by atoms with van der Waals surface area (Å²) in [5.41, 5.74) is 0.973. The Balaban J connectivity index is 1.78.